The van der Waals surface area contributed by atoms with Crippen molar-refractivity contribution in [1.29, 1.82) is 0 Å². The molecule has 7 heteroatoms. The Labute approximate surface area is 146 Å². The van der Waals surface area contributed by atoms with E-state index in [1.165, 1.54) is 6.07 Å². The second kappa shape index (κ2) is 6.40. The molecule has 1 aromatic heterocycles. The first kappa shape index (κ1) is 16.1. The lowest BCUT2D eigenvalue weighted by Crippen LogP contribution is -2.03. The number of hydrogen-bond donors (Lipinski definition) is 0. The highest BCUT2D eigenvalue weighted by Gasteiger charge is 2.16. The summed E-state index contributed by atoms with van der Waals surface area (Å²) in [4.78, 5) is 16.1. The highest BCUT2D eigenvalue weighted by Crippen LogP contribution is 2.37. The summed E-state index contributed by atoms with van der Waals surface area (Å²) in [5.74, 6) is -0.141. The van der Waals surface area contributed by atoms with Crippen molar-refractivity contribution in [2.45, 2.75) is 6.92 Å². The molecular formula is C16H10Cl3NO3. The molecule has 0 N–H and O–H groups in total. The topological polar surface area (TPSA) is 52.3 Å². The third-order valence-electron chi connectivity index (χ3n) is 3.12. The molecule has 0 unspecified atom stereocenters. The second-order valence-electron chi connectivity index (χ2n) is 4.67. The molecule has 0 amide bonds. The van der Waals surface area contributed by atoms with E-state index >= 15 is 0 Å². The van der Waals surface area contributed by atoms with E-state index in [9.17, 15) is 4.79 Å². The highest BCUT2D eigenvalue weighted by molar-refractivity contribution is 6.44. The molecule has 0 saturated carbocycles. The molecule has 0 atom stereocenters. The van der Waals surface area contributed by atoms with E-state index in [0.717, 1.165) is 0 Å². The monoisotopic (exact) mass is 369 g/mol. The normalized spacial score (nSPS) is 11.0. The Morgan fingerprint density at radius 2 is 2.00 bits per heavy atom. The average molecular weight is 371 g/mol. The first-order valence-electron chi connectivity index (χ1n) is 6.72. The zero-order chi connectivity index (χ0) is 16.6. The summed E-state index contributed by atoms with van der Waals surface area (Å²) < 4.78 is 10.6. The fourth-order valence-corrected chi connectivity index (χ4v) is 2.78. The number of rotatable bonds is 3. The van der Waals surface area contributed by atoms with Gasteiger partial charge in [0.1, 0.15) is 5.52 Å². The van der Waals surface area contributed by atoms with Gasteiger partial charge < -0.3 is 9.15 Å². The van der Waals surface area contributed by atoms with Crippen molar-refractivity contribution < 1.29 is 13.9 Å². The Morgan fingerprint density at radius 3 is 2.74 bits per heavy atom. The largest absolute Gasteiger partial charge is 0.462 e. The van der Waals surface area contributed by atoms with Crippen LogP contribution >= 0.6 is 34.8 Å². The van der Waals surface area contributed by atoms with Gasteiger partial charge in [-0.3, -0.25) is 0 Å². The molecule has 0 fully saturated rings. The maximum Gasteiger partial charge on any atom is 0.338 e. The summed E-state index contributed by atoms with van der Waals surface area (Å²) in [5, 5.41) is 1.03. The summed E-state index contributed by atoms with van der Waals surface area (Å²) in [6.07, 6.45) is 0. The SMILES string of the molecule is CCOC(=O)c1ccc2oc(-c3cc(Cl)cc(Cl)c3Cl)nc2c1. The molecule has 0 aliphatic heterocycles. The van der Waals surface area contributed by atoms with E-state index in [2.05, 4.69) is 4.98 Å². The number of aromatic nitrogens is 1. The van der Waals surface area contributed by atoms with Crippen LogP contribution in [-0.2, 0) is 4.74 Å². The lowest BCUT2D eigenvalue weighted by molar-refractivity contribution is 0.0526. The first-order valence-corrected chi connectivity index (χ1v) is 7.85. The molecule has 0 aliphatic carbocycles. The molecule has 23 heavy (non-hydrogen) atoms. The summed E-state index contributed by atoms with van der Waals surface area (Å²) in [5.41, 5.74) is 1.91. The van der Waals surface area contributed by atoms with Gasteiger partial charge in [-0.1, -0.05) is 34.8 Å². The number of hydrogen-bond acceptors (Lipinski definition) is 4. The van der Waals surface area contributed by atoms with Crippen LogP contribution in [0.3, 0.4) is 0 Å². The van der Waals surface area contributed by atoms with Crippen LogP contribution in [0.25, 0.3) is 22.6 Å². The summed E-state index contributed by atoms with van der Waals surface area (Å²) in [6, 6.07) is 8.02. The predicted molar refractivity (Wildman–Crippen MR) is 90.4 cm³/mol. The van der Waals surface area contributed by atoms with Crippen LogP contribution in [0.2, 0.25) is 15.1 Å². The zero-order valence-corrected chi connectivity index (χ0v) is 14.2. The molecule has 0 bridgehead atoms. The van der Waals surface area contributed by atoms with Gasteiger partial charge in [0.25, 0.3) is 0 Å². The average Bonchev–Trinajstić information content (AvgIpc) is 2.93. The van der Waals surface area contributed by atoms with Gasteiger partial charge in [0.15, 0.2) is 5.58 Å². The van der Waals surface area contributed by atoms with E-state index in [-0.39, 0.29) is 5.89 Å². The third kappa shape index (κ3) is 3.15. The molecule has 0 saturated heterocycles. The van der Waals surface area contributed by atoms with Crippen LogP contribution in [0.5, 0.6) is 0 Å². The first-order chi connectivity index (χ1) is 11.0. The number of ether oxygens (including phenoxy) is 1. The van der Waals surface area contributed by atoms with Gasteiger partial charge in [-0.2, -0.15) is 0 Å². The molecule has 4 nitrogen and oxygen atoms in total. The number of carbonyl (C=O) groups is 1. The fourth-order valence-electron chi connectivity index (χ4n) is 2.10. The fraction of sp³-hybridized carbons (Fsp3) is 0.125. The molecule has 0 aliphatic rings. The Balaban J connectivity index is 2.09. The molecule has 0 radical (unpaired) electrons. The lowest BCUT2D eigenvalue weighted by atomic mass is 10.2. The Morgan fingerprint density at radius 1 is 1.22 bits per heavy atom. The maximum absolute atomic E-state index is 11.8. The summed E-state index contributed by atoms with van der Waals surface area (Å²) >= 11 is 18.2. The smallest absolute Gasteiger partial charge is 0.338 e. The van der Waals surface area contributed by atoms with Crippen molar-refractivity contribution in [3.63, 3.8) is 0 Å². The van der Waals surface area contributed by atoms with Crippen molar-refractivity contribution in [2.24, 2.45) is 0 Å². The van der Waals surface area contributed by atoms with E-state index in [1.54, 1.807) is 31.2 Å². The molecule has 118 valence electrons. The standard InChI is InChI=1S/C16H10Cl3NO3/c1-2-22-16(21)8-3-4-13-12(5-8)20-15(23-13)10-6-9(17)7-11(18)14(10)19/h3-7H,2H2,1H3. The van der Waals surface area contributed by atoms with Crippen LogP contribution in [0.4, 0.5) is 0 Å². The molecule has 3 aromatic rings. The predicted octanol–water partition coefficient (Wildman–Crippen LogP) is 5.63. The number of fused-ring (bicyclic) bond motifs is 1. The van der Waals surface area contributed by atoms with Crippen molar-refractivity contribution in [1.82, 2.24) is 4.98 Å². The van der Waals surface area contributed by atoms with Gasteiger partial charge in [-0.05, 0) is 37.3 Å². The van der Waals surface area contributed by atoms with Crippen molar-refractivity contribution >= 4 is 51.9 Å². The van der Waals surface area contributed by atoms with Gasteiger partial charge in [-0.15, -0.1) is 0 Å². The molecular weight excluding hydrogens is 361 g/mol. The number of nitrogens with zero attached hydrogens (tertiary/aromatic N) is 1. The van der Waals surface area contributed by atoms with E-state index < -0.39 is 5.97 Å². The number of oxazole rings is 1. The number of benzene rings is 2. The molecule has 1 heterocycles. The van der Waals surface area contributed by atoms with Gasteiger partial charge in [0.2, 0.25) is 5.89 Å². The minimum absolute atomic E-state index is 0.274. The lowest BCUT2D eigenvalue weighted by Gasteiger charge is -2.02. The Kier molecular flexibility index (Phi) is 4.48. The van der Waals surface area contributed by atoms with Gasteiger partial charge in [0.05, 0.1) is 27.8 Å². The van der Waals surface area contributed by atoms with E-state index in [4.69, 9.17) is 44.0 Å². The molecule has 3 rings (SSSR count). The maximum atomic E-state index is 11.8. The van der Waals surface area contributed by atoms with E-state index in [1.807, 2.05) is 0 Å². The minimum atomic E-state index is -0.414. The van der Waals surface area contributed by atoms with Gasteiger partial charge in [0, 0.05) is 5.02 Å². The highest BCUT2D eigenvalue weighted by atomic mass is 35.5. The number of esters is 1. The number of halogens is 3. The summed E-state index contributed by atoms with van der Waals surface area (Å²) in [7, 11) is 0. The van der Waals surface area contributed by atoms with Crippen LogP contribution in [0.15, 0.2) is 34.7 Å². The Bertz CT molecular complexity index is 905. The molecule has 0 spiro atoms. The van der Waals surface area contributed by atoms with Crippen molar-refractivity contribution in [2.75, 3.05) is 6.61 Å². The summed E-state index contributed by atoms with van der Waals surface area (Å²) in [6.45, 7) is 2.05. The number of carbonyl (C=O) groups excluding carboxylic acids is 1. The van der Waals surface area contributed by atoms with Crippen LogP contribution < -0.4 is 0 Å². The van der Waals surface area contributed by atoms with E-state index in [0.29, 0.717) is 43.9 Å². The minimum Gasteiger partial charge on any atom is -0.462 e. The van der Waals surface area contributed by atoms with Crippen molar-refractivity contribution in [3.8, 4) is 11.5 Å². The quantitative estimate of drug-likeness (QED) is 0.443. The zero-order valence-electron chi connectivity index (χ0n) is 11.9. The van der Waals surface area contributed by atoms with Crippen LogP contribution in [0, 0.1) is 0 Å². The third-order valence-corrected chi connectivity index (χ3v) is 4.14. The van der Waals surface area contributed by atoms with Crippen molar-refractivity contribution in [3.05, 3.63) is 51.0 Å². The van der Waals surface area contributed by atoms with Gasteiger partial charge >= 0.3 is 5.97 Å². The van der Waals surface area contributed by atoms with Crippen LogP contribution in [0.1, 0.15) is 17.3 Å². The van der Waals surface area contributed by atoms with Crippen LogP contribution in [-0.4, -0.2) is 17.6 Å². The van der Waals surface area contributed by atoms with Gasteiger partial charge in [-0.25, -0.2) is 9.78 Å². The Hall–Kier alpha value is -1.75. The second-order valence-corrected chi connectivity index (χ2v) is 5.89. The molecule has 2 aromatic carbocycles.